The quantitative estimate of drug-likeness (QED) is 0.933. The Hall–Kier alpha value is -1.61. The van der Waals surface area contributed by atoms with Gasteiger partial charge in [-0.05, 0) is 56.8 Å². The molecular weight excluding hydrogens is 270 g/mol. The van der Waals surface area contributed by atoms with Crippen molar-refractivity contribution in [2.75, 3.05) is 31.5 Å². The molecular formula is C19H25N3. The fourth-order valence-electron chi connectivity index (χ4n) is 3.93. The van der Waals surface area contributed by atoms with E-state index >= 15 is 0 Å². The minimum Gasteiger partial charge on any atom is -0.383 e. The molecule has 1 fully saturated rings. The topological polar surface area (TPSA) is 28.2 Å². The van der Waals surface area contributed by atoms with Crippen molar-refractivity contribution in [3.05, 3.63) is 35.5 Å². The van der Waals surface area contributed by atoms with Crippen LogP contribution in [0.1, 0.15) is 36.9 Å². The Morgan fingerprint density at radius 3 is 2.77 bits per heavy atom. The zero-order valence-electron chi connectivity index (χ0n) is 13.3. The van der Waals surface area contributed by atoms with E-state index in [0.29, 0.717) is 0 Å². The van der Waals surface area contributed by atoms with Crippen molar-refractivity contribution >= 4 is 16.6 Å². The number of nitrogens with zero attached hydrogens (tertiary/aromatic N) is 2. The Balaban J connectivity index is 1.55. The Labute approximate surface area is 132 Å². The van der Waals surface area contributed by atoms with Gasteiger partial charge in [-0.3, -0.25) is 4.98 Å². The number of fused-ring (bicyclic) bond motifs is 2. The van der Waals surface area contributed by atoms with Crippen LogP contribution < -0.4 is 5.32 Å². The molecule has 3 nitrogen and oxygen atoms in total. The van der Waals surface area contributed by atoms with Crippen molar-refractivity contribution in [2.24, 2.45) is 0 Å². The van der Waals surface area contributed by atoms with Gasteiger partial charge in [0.2, 0.25) is 0 Å². The summed E-state index contributed by atoms with van der Waals surface area (Å²) in [6.45, 7) is 4.75. The standard InChI is InChI=1S/C19H25N3/c1-4-12-22(13-5-1)14-11-20-19-15-7-2-3-9-17(15)21-18-10-6-8-16(18)19/h2-3,7,9H,1,4-6,8,10-14H2,(H,20,21). The minimum atomic E-state index is 1.04. The Morgan fingerprint density at radius 2 is 1.86 bits per heavy atom. The highest BCUT2D eigenvalue weighted by Crippen LogP contribution is 2.33. The van der Waals surface area contributed by atoms with Gasteiger partial charge in [-0.15, -0.1) is 0 Å². The summed E-state index contributed by atoms with van der Waals surface area (Å²) in [7, 11) is 0. The SMILES string of the molecule is c1ccc2c(NCCN3CCCCC3)c3c(nc2c1)CCC3. The van der Waals surface area contributed by atoms with E-state index in [1.807, 2.05) is 0 Å². The van der Waals surface area contributed by atoms with Gasteiger partial charge < -0.3 is 10.2 Å². The second-order valence-corrected chi connectivity index (χ2v) is 6.61. The van der Waals surface area contributed by atoms with Crippen molar-refractivity contribution in [1.29, 1.82) is 0 Å². The molecule has 2 aromatic rings. The highest BCUT2D eigenvalue weighted by molar-refractivity contribution is 5.93. The summed E-state index contributed by atoms with van der Waals surface area (Å²) in [6, 6.07) is 8.57. The van der Waals surface area contributed by atoms with E-state index in [4.69, 9.17) is 4.98 Å². The van der Waals surface area contributed by atoms with Crippen LogP contribution >= 0.6 is 0 Å². The number of pyridine rings is 1. The Morgan fingerprint density at radius 1 is 1.00 bits per heavy atom. The predicted octanol–water partition coefficient (Wildman–Crippen LogP) is 3.62. The maximum absolute atomic E-state index is 4.86. The average Bonchev–Trinajstić information content (AvgIpc) is 3.03. The third-order valence-electron chi connectivity index (χ3n) is 5.10. The molecule has 3 heteroatoms. The summed E-state index contributed by atoms with van der Waals surface area (Å²) >= 11 is 0. The maximum atomic E-state index is 4.86. The lowest BCUT2D eigenvalue weighted by Gasteiger charge is -2.26. The number of benzene rings is 1. The number of rotatable bonds is 4. The summed E-state index contributed by atoms with van der Waals surface area (Å²) in [6.07, 6.45) is 7.72. The van der Waals surface area contributed by atoms with Crippen LogP contribution in [0, 0.1) is 0 Å². The van der Waals surface area contributed by atoms with Crippen LogP contribution in [0.4, 0.5) is 5.69 Å². The first kappa shape index (κ1) is 14.0. The lowest BCUT2D eigenvalue weighted by molar-refractivity contribution is 0.237. The molecule has 1 aromatic carbocycles. The molecule has 2 aliphatic rings. The molecule has 1 N–H and O–H groups in total. The molecule has 0 radical (unpaired) electrons. The van der Waals surface area contributed by atoms with Crippen LogP contribution in [0.3, 0.4) is 0 Å². The second-order valence-electron chi connectivity index (χ2n) is 6.61. The molecule has 1 aliphatic heterocycles. The van der Waals surface area contributed by atoms with Gasteiger partial charge in [0.1, 0.15) is 0 Å². The van der Waals surface area contributed by atoms with Gasteiger partial charge in [0.05, 0.1) is 5.52 Å². The lowest BCUT2D eigenvalue weighted by atomic mass is 10.1. The molecule has 0 spiro atoms. The number of likely N-dealkylation sites (tertiary alicyclic amines) is 1. The number of anilines is 1. The molecule has 1 aromatic heterocycles. The van der Waals surface area contributed by atoms with E-state index in [2.05, 4.69) is 34.5 Å². The Bertz CT molecular complexity index is 659. The van der Waals surface area contributed by atoms with Gasteiger partial charge >= 0.3 is 0 Å². The fourth-order valence-corrected chi connectivity index (χ4v) is 3.93. The molecule has 1 aliphatic carbocycles. The van der Waals surface area contributed by atoms with Gasteiger partial charge in [0, 0.05) is 29.9 Å². The number of aromatic nitrogens is 1. The lowest BCUT2D eigenvalue weighted by Crippen LogP contribution is -2.33. The van der Waals surface area contributed by atoms with Crippen molar-refractivity contribution in [1.82, 2.24) is 9.88 Å². The summed E-state index contributed by atoms with van der Waals surface area (Å²) in [4.78, 5) is 7.46. The largest absolute Gasteiger partial charge is 0.383 e. The van der Waals surface area contributed by atoms with Crippen LogP contribution in [-0.4, -0.2) is 36.1 Å². The molecule has 0 saturated carbocycles. The van der Waals surface area contributed by atoms with Crippen LogP contribution in [-0.2, 0) is 12.8 Å². The van der Waals surface area contributed by atoms with E-state index in [1.165, 1.54) is 67.5 Å². The number of aryl methyl sites for hydroxylation is 1. The summed E-state index contributed by atoms with van der Waals surface area (Å²) in [5, 5.41) is 5.05. The van der Waals surface area contributed by atoms with Gasteiger partial charge in [-0.1, -0.05) is 24.6 Å². The van der Waals surface area contributed by atoms with E-state index in [-0.39, 0.29) is 0 Å². The Kier molecular flexibility index (Phi) is 3.98. The van der Waals surface area contributed by atoms with Gasteiger partial charge in [0.25, 0.3) is 0 Å². The van der Waals surface area contributed by atoms with Crippen molar-refractivity contribution in [2.45, 2.75) is 38.5 Å². The number of nitrogens with one attached hydrogen (secondary N) is 1. The molecule has 22 heavy (non-hydrogen) atoms. The van der Waals surface area contributed by atoms with E-state index in [9.17, 15) is 0 Å². The fraction of sp³-hybridized carbons (Fsp3) is 0.526. The monoisotopic (exact) mass is 295 g/mol. The summed E-state index contributed by atoms with van der Waals surface area (Å²) in [5.41, 5.74) is 5.29. The molecule has 0 amide bonds. The van der Waals surface area contributed by atoms with E-state index in [1.54, 1.807) is 0 Å². The smallest absolute Gasteiger partial charge is 0.0726 e. The molecule has 1 saturated heterocycles. The van der Waals surface area contributed by atoms with Gasteiger partial charge in [-0.2, -0.15) is 0 Å². The van der Waals surface area contributed by atoms with Crippen molar-refractivity contribution in [3.8, 4) is 0 Å². The first-order valence-electron chi connectivity index (χ1n) is 8.78. The molecule has 116 valence electrons. The molecule has 2 heterocycles. The first-order chi connectivity index (χ1) is 10.9. The minimum absolute atomic E-state index is 1.04. The average molecular weight is 295 g/mol. The molecule has 0 unspecified atom stereocenters. The zero-order chi connectivity index (χ0) is 14.8. The normalized spacial score (nSPS) is 18.5. The highest BCUT2D eigenvalue weighted by Gasteiger charge is 2.19. The van der Waals surface area contributed by atoms with Gasteiger partial charge in [0.15, 0.2) is 0 Å². The third kappa shape index (κ3) is 2.70. The molecule has 0 atom stereocenters. The number of hydrogen-bond acceptors (Lipinski definition) is 3. The first-order valence-corrected chi connectivity index (χ1v) is 8.78. The van der Waals surface area contributed by atoms with Crippen LogP contribution in [0.25, 0.3) is 10.9 Å². The summed E-state index contributed by atoms with van der Waals surface area (Å²) < 4.78 is 0. The van der Waals surface area contributed by atoms with Crippen LogP contribution in [0.5, 0.6) is 0 Å². The molecule has 4 rings (SSSR count). The third-order valence-corrected chi connectivity index (χ3v) is 5.10. The summed E-state index contributed by atoms with van der Waals surface area (Å²) in [5.74, 6) is 0. The van der Waals surface area contributed by atoms with Crippen LogP contribution in [0.15, 0.2) is 24.3 Å². The maximum Gasteiger partial charge on any atom is 0.0726 e. The predicted molar refractivity (Wildman–Crippen MR) is 92.5 cm³/mol. The van der Waals surface area contributed by atoms with E-state index < -0.39 is 0 Å². The molecule has 0 bridgehead atoms. The second kappa shape index (κ2) is 6.25. The van der Waals surface area contributed by atoms with Crippen molar-refractivity contribution in [3.63, 3.8) is 0 Å². The van der Waals surface area contributed by atoms with E-state index in [0.717, 1.165) is 25.0 Å². The number of hydrogen-bond donors (Lipinski definition) is 1. The zero-order valence-corrected chi connectivity index (χ0v) is 13.3. The van der Waals surface area contributed by atoms with Gasteiger partial charge in [-0.25, -0.2) is 0 Å². The highest BCUT2D eigenvalue weighted by atomic mass is 15.1. The van der Waals surface area contributed by atoms with Crippen molar-refractivity contribution < 1.29 is 0 Å². The number of piperidine rings is 1. The van der Waals surface area contributed by atoms with Crippen LogP contribution in [0.2, 0.25) is 0 Å². The number of para-hydroxylation sites is 1.